The number of nitrogens with one attached hydrogen (secondary N) is 2. The standard InChI is InChI=1S/C26H19FN4O4/c27-16-7-8-19-20(13-16)31-22(30-19)9-10-29-26(34)15-4-1-3-14(11-15)12-21-23(32)17-5-2-6-18(25(28)33)24(17)35-21/h1-8,11-13H,9-10H2,(H2,28,33)(H,29,34)(H,30,31)/b21-12-. The molecule has 0 unspecified atom stereocenters. The molecular weight excluding hydrogens is 451 g/mol. The number of benzene rings is 3. The molecule has 1 aliphatic heterocycles. The minimum absolute atomic E-state index is 0.0348. The van der Waals surface area contributed by atoms with Gasteiger partial charge < -0.3 is 20.8 Å². The number of carbonyl (C=O) groups is 3. The Hall–Kier alpha value is -4.79. The fourth-order valence-corrected chi connectivity index (χ4v) is 3.87. The number of aromatic amines is 1. The smallest absolute Gasteiger partial charge is 0.252 e. The van der Waals surface area contributed by atoms with Gasteiger partial charge in [-0.1, -0.05) is 18.2 Å². The Morgan fingerprint density at radius 3 is 2.77 bits per heavy atom. The lowest BCUT2D eigenvalue weighted by atomic mass is 10.0. The number of rotatable bonds is 6. The average molecular weight is 470 g/mol. The van der Waals surface area contributed by atoms with Gasteiger partial charge in [-0.2, -0.15) is 0 Å². The van der Waals surface area contributed by atoms with Gasteiger partial charge in [0.05, 0.1) is 22.2 Å². The molecule has 2 amide bonds. The molecule has 0 saturated heterocycles. The Labute approximate surface area is 198 Å². The summed E-state index contributed by atoms with van der Waals surface area (Å²) in [6.07, 6.45) is 1.95. The number of ketones is 1. The minimum atomic E-state index is -0.690. The van der Waals surface area contributed by atoms with Gasteiger partial charge in [0.1, 0.15) is 11.6 Å². The number of fused-ring (bicyclic) bond motifs is 2. The number of Topliss-reactive ketones (excluding diaryl/α,β-unsaturated/α-hetero) is 1. The summed E-state index contributed by atoms with van der Waals surface area (Å²) in [7, 11) is 0. The normalized spacial score (nSPS) is 13.6. The molecule has 8 nitrogen and oxygen atoms in total. The number of para-hydroxylation sites is 1. The van der Waals surface area contributed by atoms with Crippen LogP contribution in [0, 0.1) is 5.82 Å². The third kappa shape index (κ3) is 4.39. The number of primary amides is 1. The highest BCUT2D eigenvalue weighted by Gasteiger charge is 2.30. The zero-order valence-corrected chi connectivity index (χ0v) is 18.3. The summed E-state index contributed by atoms with van der Waals surface area (Å²) >= 11 is 0. The molecule has 0 bridgehead atoms. The molecule has 9 heteroatoms. The summed E-state index contributed by atoms with van der Waals surface area (Å²) in [5.41, 5.74) is 7.98. The van der Waals surface area contributed by atoms with Crippen molar-refractivity contribution in [1.82, 2.24) is 15.3 Å². The third-order valence-corrected chi connectivity index (χ3v) is 5.55. The summed E-state index contributed by atoms with van der Waals surface area (Å²) in [6.45, 7) is 0.319. The van der Waals surface area contributed by atoms with Gasteiger partial charge in [0.2, 0.25) is 5.78 Å². The first-order valence-corrected chi connectivity index (χ1v) is 10.8. The number of imidazole rings is 1. The van der Waals surface area contributed by atoms with Crippen LogP contribution in [0.15, 0.2) is 66.4 Å². The van der Waals surface area contributed by atoms with Crippen LogP contribution in [0.2, 0.25) is 0 Å². The Morgan fingerprint density at radius 1 is 1.11 bits per heavy atom. The van der Waals surface area contributed by atoms with Crippen LogP contribution in [0.5, 0.6) is 5.75 Å². The molecule has 5 rings (SSSR count). The molecule has 4 N–H and O–H groups in total. The zero-order chi connectivity index (χ0) is 24.5. The van der Waals surface area contributed by atoms with E-state index < -0.39 is 5.91 Å². The third-order valence-electron chi connectivity index (χ3n) is 5.55. The van der Waals surface area contributed by atoms with E-state index in [4.69, 9.17) is 10.5 Å². The van der Waals surface area contributed by atoms with Crippen molar-refractivity contribution in [2.45, 2.75) is 6.42 Å². The fraction of sp³-hybridized carbons (Fsp3) is 0.0769. The van der Waals surface area contributed by atoms with Crippen LogP contribution in [0.4, 0.5) is 4.39 Å². The van der Waals surface area contributed by atoms with Gasteiger partial charge in [-0.25, -0.2) is 9.37 Å². The van der Waals surface area contributed by atoms with E-state index in [1.807, 2.05) is 0 Å². The number of carbonyl (C=O) groups excluding carboxylic acids is 3. The predicted octanol–water partition coefficient (Wildman–Crippen LogP) is 3.39. The molecule has 4 aromatic rings. The number of nitrogens with zero attached hydrogens (tertiary/aromatic N) is 1. The number of ether oxygens (including phenoxy) is 1. The van der Waals surface area contributed by atoms with Gasteiger partial charge >= 0.3 is 0 Å². The lowest BCUT2D eigenvalue weighted by Gasteiger charge is -2.06. The number of aromatic nitrogens is 2. The first-order valence-electron chi connectivity index (χ1n) is 10.8. The Bertz CT molecular complexity index is 1540. The molecule has 0 aliphatic carbocycles. The lowest BCUT2D eigenvalue weighted by molar-refractivity contribution is 0.0952. The number of hydrogen-bond acceptors (Lipinski definition) is 5. The molecule has 0 radical (unpaired) electrons. The van der Waals surface area contributed by atoms with E-state index in [1.165, 1.54) is 24.3 Å². The molecule has 0 fully saturated rings. The second-order valence-electron chi connectivity index (χ2n) is 7.96. The number of H-pyrrole nitrogens is 1. The highest BCUT2D eigenvalue weighted by Crippen LogP contribution is 2.35. The first-order chi connectivity index (χ1) is 16.9. The van der Waals surface area contributed by atoms with Gasteiger partial charge in [-0.15, -0.1) is 0 Å². The zero-order valence-electron chi connectivity index (χ0n) is 18.3. The van der Waals surface area contributed by atoms with Crippen molar-refractivity contribution < 1.29 is 23.5 Å². The predicted molar refractivity (Wildman–Crippen MR) is 126 cm³/mol. The molecule has 0 spiro atoms. The molecule has 1 aliphatic rings. The van der Waals surface area contributed by atoms with Crippen LogP contribution >= 0.6 is 0 Å². The maximum absolute atomic E-state index is 13.3. The second-order valence-corrected chi connectivity index (χ2v) is 7.96. The van der Waals surface area contributed by atoms with E-state index >= 15 is 0 Å². The second kappa shape index (κ2) is 8.86. The molecule has 174 valence electrons. The topological polar surface area (TPSA) is 127 Å². The number of amides is 2. The molecule has 1 aromatic heterocycles. The Morgan fingerprint density at radius 2 is 1.94 bits per heavy atom. The summed E-state index contributed by atoms with van der Waals surface area (Å²) in [5.74, 6) is -0.904. The van der Waals surface area contributed by atoms with Crippen LogP contribution in [-0.4, -0.2) is 34.1 Å². The molecule has 0 atom stereocenters. The van der Waals surface area contributed by atoms with Crippen LogP contribution in [0.25, 0.3) is 17.1 Å². The Balaban J connectivity index is 1.26. The summed E-state index contributed by atoms with van der Waals surface area (Å²) in [4.78, 5) is 44.4. The number of nitrogens with two attached hydrogens (primary N) is 1. The van der Waals surface area contributed by atoms with Gasteiger partial charge in [0.25, 0.3) is 11.8 Å². The van der Waals surface area contributed by atoms with E-state index in [1.54, 1.807) is 42.5 Å². The van der Waals surface area contributed by atoms with Crippen molar-refractivity contribution in [1.29, 1.82) is 0 Å². The summed E-state index contributed by atoms with van der Waals surface area (Å²) in [6, 6.07) is 15.6. The minimum Gasteiger partial charge on any atom is -0.452 e. The van der Waals surface area contributed by atoms with Gasteiger partial charge in [0, 0.05) is 18.5 Å². The van der Waals surface area contributed by atoms with E-state index in [2.05, 4.69) is 15.3 Å². The largest absolute Gasteiger partial charge is 0.452 e. The lowest BCUT2D eigenvalue weighted by Crippen LogP contribution is -2.26. The van der Waals surface area contributed by atoms with E-state index in [-0.39, 0.29) is 40.1 Å². The van der Waals surface area contributed by atoms with Crippen molar-refractivity contribution in [2.24, 2.45) is 5.73 Å². The quantitative estimate of drug-likeness (QED) is 0.372. The fourth-order valence-electron chi connectivity index (χ4n) is 3.87. The monoisotopic (exact) mass is 470 g/mol. The van der Waals surface area contributed by atoms with Gasteiger partial charge in [-0.05, 0) is 54.1 Å². The van der Waals surface area contributed by atoms with Crippen molar-refractivity contribution in [3.8, 4) is 5.75 Å². The van der Waals surface area contributed by atoms with E-state index in [0.717, 1.165) is 0 Å². The van der Waals surface area contributed by atoms with Crippen LogP contribution in [-0.2, 0) is 6.42 Å². The average Bonchev–Trinajstić information content (AvgIpc) is 3.39. The first kappa shape index (κ1) is 22.0. The maximum Gasteiger partial charge on any atom is 0.252 e. The molecule has 2 heterocycles. The van der Waals surface area contributed by atoms with Crippen LogP contribution in [0.1, 0.15) is 42.5 Å². The molecular formula is C26H19FN4O4. The molecule has 3 aromatic carbocycles. The maximum atomic E-state index is 13.3. The van der Waals surface area contributed by atoms with E-state index in [9.17, 15) is 18.8 Å². The SMILES string of the molecule is NC(=O)c1cccc2c1O/C(=C\c1cccc(C(=O)NCCc3nc4ccc(F)cc4[nH]3)c1)C2=O. The van der Waals surface area contributed by atoms with Crippen molar-refractivity contribution in [3.05, 3.63) is 100 Å². The number of hydrogen-bond donors (Lipinski definition) is 3. The molecule has 35 heavy (non-hydrogen) atoms. The Kier molecular flexibility index (Phi) is 5.58. The van der Waals surface area contributed by atoms with Crippen molar-refractivity contribution >= 4 is 34.7 Å². The van der Waals surface area contributed by atoms with Crippen LogP contribution < -0.4 is 15.8 Å². The number of halogens is 1. The summed E-state index contributed by atoms with van der Waals surface area (Å²) < 4.78 is 19.0. The van der Waals surface area contributed by atoms with Gasteiger partial charge in [0.15, 0.2) is 11.5 Å². The highest BCUT2D eigenvalue weighted by atomic mass is 19.1. The van der Waals surface area contributed by atoms with Crippen LogP contribution in [0.3, 0.4) is 0 Å². The van der Waals surface area contributed by atoms with Crippen molar-refractivity contribution in [3.63, 3.8) is 0 Å². The molecule has 0 saturated carbocycles. The number of allylic oxidation sites excluding steroid dienone is 1. The van der Waals surface area contributed by atoms with E-state index in [0.29, 0.717) is 41.0 Å². The summed E-state index contributed by atoms with van der Waals surface area (Å²) in [5, 5.41) is 2.82. The van der Waals surface area contributed by atoms with Gasteiger partial charge in [-0.3, -0.25) is 14.4 Å². The highest BCUT2D eigenvalue weighted by molar-refractivity contribution is 6.16. The van der Waals surface area contributed by atoms with Crippen molar-refractivity contribution in [2.75, 3.05) is 6.54 Å².